The summed E-state index contributed by atoms with van der Waals surface area (Å²) in [5, 5.41) is 1.09. The molecular weight excluding hydrogens is 370 g/mol. The Kier molecular flexibility index (Phi) is 5.76. The normalized spacial score (nSPS) is 11.1. The number of ether oxygens (including phenoxy) is 1. The lowest BCUT2D eigenvalue weighted by Gasteiger charge is -2.21. The van der Waals surface area contributed by atoms with Crippen molar-refractivity contribution in [1.82, 2.24) is 4.98 Å². The van der Waals surface area contributed by atoms with Crippen LogP contribution in [0.1, 0.15) is 10.4 Å². The maximum absolute atomic E-state index is 13.2. The number of nitrogens with one attached hydrogen (secondary N) is 1. The van der Waals surface area contributed by atoms with Crippen LogP contribution in [0.5, 0.6) is 5.75 Å². The van der Waals surface area contributed by atoms with Crippen molar-refractivity contribution in [3.63, 3.8) is 0 Å². The highest BCUT2D eigenvalue weighted by Crippen LogP contribution is 2.34. The average Bonchev–Trinajstić information content (AvgIpc) is 3.05. The summed E-state index contributed by atoms with van der Waals surface area (Å²) in [4.78, 5) is 20.8. The van der Waals surface area contributed by atoms with Gasteiger partial charge in [0.05, 0.1) is 49.6 Å². The molecule has 0 unspecified atom stereocenters. The molecule has 0 fully saturated rings. The van der Waals surface area contributed by atoms with E-state index in [2.05, 4.69) is 19.1 Å². The first-order valence-corrected chi connectivity index (χ1v) is 9.49. The van der Waals surface area contributed by atoms with Gasteiger partial charge < -0.3 is 9.64 Å². The van der Waals surface area contributed by atoms with Crippen molar-refractivity contribution >= 4 is 44.2 Å². The van der Waals surface area contributed by atoms with E-state index in [-0.39, 0.29) is 5.91 Å². The number of carbonyl (C=O) groups excluding carboxylic acids is 1. The molecule has 0 atom stereocenters. The fourth-order valence-electron chi connectivity index (χ4n) is 2.59. The lowest BCUT2D eigenvalue weighted by Crippen LogP contribution is -3.06. The first-order chi connectivity index (χ1) is 12.5. The van der Waals surface area contributed by atoms with Gasteiger partial charge >= 0.3 is 0 Å². The molecule has 3 rings (SSSR count). The van der Waals surface area contributed by atoms with E-state index in [0.717, 1.165) is 16.8 Å². The Labute approximate surface area is 161 Å². The van der Waals surface area contributed by atoms with E-state index in [9.17, 15) is 4.79 Å². The Morgan fingerprint density at radius 2 is 2.00 bits per heavy atom. The highest BCUT2D eigenvalue weighted by atomic mass is 35.5. The van der Waals surface area contributed by atoms with Crippen molar-refractivity contribution < 1.29 is 14.4 Å². The Morgan fingerprint density at radius 3 is 2.69 bits per heavy atom. The van der Waals surface area contributed by atoms with E-state index in [4.69, 9.17) is 16.3 Å². The molecule has 0 saturated heterocycles. The van der Waals surface area contributed by atoms with Crippen LogP contribution in [0, 0.1) is 0 Å². The molecule has 3 aromatic rings. The number of carbonyl (C=O) groups is 1. The van der Waals surface area contributed by atoms with Gasteiger partial charge in [-0.25, -0.2) is 4.98 Å². The summed E-state index contributed by atoms with van der Waals surface area (Å²) >= 11 is 7.73. The van der Waals surface area contributed by atoms with E-state index >= 15 is 0 Å². The quantitative estimate of drug-likeness (QED) is 0.704. The fraction of sp³-hybridized carbons (Fsp3) is 0.263. The summed E-state index contributed by atoms with van der Waals surface area (Å²) in [5.41, 5.74) is 1.25. The smallest absolute Gasteiger partial charge is 0.261 e. The number of methoxy groups -OCH3 is 1. The number of halogens is 1. The maximum Gasteiger partial charge on any atom is 0.261 e. The van der Waals surface area contributed by atoms with Gasteiger partial charge in [0.15, 0.2) is 5.13 Å². The zero-order valence-corrected chi connectivity index (χ0v) is 16.5. The predicted molar refractivity (Wildman–Crippen MR) is 107 cm³/mol. The molecule has 0 aliphatic rings. The van der Waals surface area contributed by atoms with Gasteiger partial charge in [0, 0.05) is 0 Å². The van der Waals surface area contributed by atoms with E-state index in [0.29, 0.717) is 28.0 Å². The van der Waals surface area contributed by atoms with Gasteiger partial charge in [-0.2, -0.15) is 0 Å². The number of thiazole rings is 1. The molecule has 0 radical (unpaired) electrons. The molecule has 7 heteroatoms. The van der Waals surface area contributed by atoms with Crippen LogP contribution < -0.4 is 14.5 Å². The number of nitrogens with zero attached hydrogens (tertiary/aromatic N) is 2. The van der Waals surface area contributed by atoms with Gasteiger partial charge in [-0.15, -0.1) is 0 Å². The minimum absolute atomic E-state index is 0.144. The van der Waals surface area contributed by atoms with Crippen molar-refractivity contribution in [3.8, 4) is 5.75 Å². The summed E-state index contributed by atoms with van der Waals surface area (Å²) in [7, 11) is 5.73. The largest absolute Gasteiger partial charge is 0.494 e. The number of benzene rings is 2. The van der Waals surface area contributed by atoms with Crippen LogP contribution in [-0.2, 0) is 0 Å². The molecular formula is C19H21ClN3O2S+. The van der Waals surface area contributed by atoms with Gasteiger partial charge in [-0.3, -0.25) is 9.69 Å². The average molecular weight is 391 g/mol. The number of likely N-dealkylation sites (N-methyl/N-ethyl adjacent to an activating group) is 1. The third kappa shape index (κ3) is 3.82. The number of hydrogen-bond acceptors (Lipinski definition) is 4. The van der Waals surface area contributed by atoms with Crippen LogP contribution in [0.25, 0.3) is 10.2 Å². The SMILES string of the molecule is COc1cccc2sc(N(CC[NH+](C)C)C(=O)c3ccccc3Cl)nc12. The number of aromatic nitrogens is 1. The third-order valence-corrected chi connectivity index (χ3v) is 5.38. The topological polar surface area (TPSA) is 46.9 Å². The number of amides is 1. The summed E-state index contributed by atoms with van der Waals surface area (Å²) in [6, 6.07) is 12.9. The molecule has 1 amide bonds. The maximum atomic E-state index is 13.2. The van der Waals surface area contributed by atoms with Crippen LogP contribution in [0.3, 0.4) is 0 Å². The monoisotopic (exact) mass is 390 g/mol. The van der Waals surface area contributed by atoms with E-state index in [1.165, 1.54) is 16.2 Å². The molecule has 5 nitrogen and oxygen atoms in total. The molecule has 26 heavy (non-hydrogen) atoms. The second-order valence-electron chi connectivity index (χ2n) is 6.20. The van der Waals surface area contributed by atoms with Crippen molar-refractivity contribution in [1.29, 1.82) is 0 Å². The second-order valence-corrected chi connectivity index (χ2v) is 7.61. The first-order valence-electron chi connectivity index (χ1n) is 8.30. The Morgan fingerprint density at radius 1 is 1.23 bits per heavy atom. The lowest BCUT2D eigenvalue weighted by atomic mass is 10.2. The molecule has 136 valence electrons. The minimum atomic E-state index is -0.144. The third-order valence-electron chi connectivity index (χ3n) is 4.01. The number of fused-ring (bicyclic) bond motifs is 1. The Hall–Kier alpha value is -2.15. The lowest BCUT2D eigenvalue weighted by molar-refractivity contribution is -0.856. The summed E-state index contributed by atoms with van der Waals surface area (Å²) in [6.07, 6.45) is 0. The zero-order valence-electron chi connectivity index (χ0n) is 15.0. The Bertz CT molecular complexity index is 926. The molecule has 2 aromatic carbocycles. The number of anilines is 1. The number of hydrogen-bond donors (Lipinski definition) is 1. The number of quaternary nitrogens is 1. The van der Waals surface area contributed by atoms with Gasteiger partial charge in [-0.05, 0) is 24.3 Å². The van der Waals surface area contributed by atoms with Crippen LogP contribution in [-0.4, -0.2) is 45.2 Å². The summed E-state index contributed by atoms with van der Waals surface area (Å²) in [6.45, 7) is 1.35. The minimum Gasteiger partial charge on any atom is -0.494 e. The molecule has 0 aliphatic carbocycles. The molecule has 0 bridgehead atoms. The molecule has 1 aromatic heterocycles. The molecule has 0 spiro atoms. The van der Waals surface area contributed by atoms with Gasteiger partial charge in [0.2, 0.25) is 0 Å². The number of rotatable bonds is 6. The Balaban J connectivity index is 2.04. The van der Waals surface area contributed by atoms with Crippen LogP contribution in [0.15, 0.2) is 42.5 Å². The molecule has 1 heterocycles. The van der Waals surface area contributed by atoms with Crippen molar-refractivity contribution in [2.45, 2.75) is 0 Å². The summed E-state index contributed by atoms with van der Waals surface area (Å²) < 4.78 is 6.38. The van der Waals surface area contributed by atoms with E-state index in [1.54, 1.807) is 24.1 Å². The van der Waals surface area contributed by atoms with Crippen molar-refractivity contribution in [3.05, 3.63) is 53.1 Å². The fourth-order valence-corrected chi connectivity index (χ4v) is 3.82. The molecule has 1 N–H and O–H groups in total. The van der Waals surface area contributed by atoms with E-state index < -0.39 is 0 Å². The number of para-hydroxylation sites is 1. The zero-order chi connectivity index (χ0) is 18.7. The van der Waals surface area contributed by atoms with Crippen LogP contribution in [0.2, 0.25) is 5.02 Å². The highest BCUT2D eigenvalue weighted by Gasteiger charge is 2.24. The molecule has 0 aliphatic heterocycles. The first kappa shape index (κ1) is 18.6. The van der Waals surface area contributed by atoms with Gasteiger partial charge in [-0.1, -0.05) is 41.1 Å². The van der Waals surface area contributed by atoms with Crippen molar-refractivity contribution in [2.75, 3.05) is 39.2 Å². The predicted octanol–water partition coefficient (Wildman–Crippen LogP) is 2.75. The second kappa shape index (κ2) is 8.03. The van der Waals surface area contributed by atoms with E-state index in [1.807, 2.05) is 30.3 Å². The summed E-state index contributed by atoms with van der Waals surface area (Å²) in [5.74, 6) is 0.559. The van der Waals surface area contributed by atoms with Crippen molar-refractivity contribution in [2.24, 2.45) is 0 Å². The van der Waals surface area contributed by atoms with Gasteiger partial charge in [0.1, 0.15) is 11.3 Å². The van der Waals surface area contributed by atoms with Crippen LogP contribution >= 0.6 is 22.9 Å². The van der Waals surface area contributed by atoms with Gasteiger partial charge in [0.25, 0.3) is 5.91 Å². The standard InChI is InChI=1S/C19H20ClN3O2S/c1-22(2)11-12-23(18(24)13-7-4-5-8-14(13)20)19-21-17-15(25-3)9-6-10-16(17)26-19/h4-10H,11-12H2,1-3H3/p+1. The molecule has 0 saturated carbocycles. The van der Waals surface area contributed by atoms with Crippen LogP contribution in [0.4, 0.5) is 5.13 Å². The highest BCUT2D eigenvalue weighted by molar-refractivity contribution is 7.22.